The van der Waals surface area contributed by atoms with Crippen LogP contribution in [0.3, 0.4) is 0 Å². The first kappa shape index (κ1) is 23.0. The summed E-state index contributed by atoms with van der Waals surface area (Å²) in [7, 11) is 3.37. The van der Waals surface area contributed by atoms with Gasteiger partial charge in [-0.15, -0.1) is 0 Å². The van der Waals surface area contributed by atoms with Crippen molar-refractivity contribution >= 4 is 22.8 Å². The van der Waals surface area contributed by atoms with E-state index >= 15 is 0 Å². The van der Waals surface area contributed by atoms with Crippen molar-refractivity contribution in [3.63, 3.8) is 0 Å². The highest BCUT2D eigenvalue weighted by atomic mass is 32.2. The SMILES string of the molecule is COc1ccnc(CSc2nc3cc(-n4cccc4)ccc3n2Cc2nccc(OC)c2C)c1C. The predicted octanol–water partition coefficient (Wildman–Crippen LogP) is 5.59. The number of ether oxygens (including phenoxy) is 2. The van der Waals surface area contributed by atoms with E-state index in [-0.39, 0.29) is 0 Å². The number of methoxy groups -OCH3 is 2. The second kappa shape index (κ2) is 9.84. The minimum Gasteiger partial charge on any atom is -0.496 e. The number of aromatic nitrogens is 5. The van der Waals surface area contributed by atoms with E-state index in [4.69, 9.17) is 14.5 Å². The van der Waals surface area contributed by atoms with Gasteiger partial charge in [-0.3, -0.25) is 9.97 Å². The molecule has 178 valence electrons. The quantitative estimate of drug-likeness (QED) is 0.267. The molecule has 5 rings (SSSR count). The zero-order valence-corrected chi connectivity index (χ0v) is 21.0. The van der Waals surface area contributed by atoms with Gasteiger partial charge in [-0.2, -0.15) is 0 Å². The average Bonchev–Trinajstić information content (AvgIpc) is 3.53. The Hall–Kier alpha value is -3.78. The molecule has 8 heteroatoms. The summed E-state index contributed by atoms with van der Waals surface area (Å²) in [5.41, 5.74) is 7.08. The van der Waals surface area contributed by atoms with E-state index in [1.807, 2.05) is 50.5 Å². The van der Waals surface area contributed by atoms with E-state index in [1.54, 1.807) is 38.4 Å². The Balaban J connectivity index is 1.55. The van der Waals surface area contributed by atoms with Gasteiger partial charge < -0.3 is 18.6 Å². The molecule has 4 heterocycles. The maximum Gasteiger partial charge on any atom is 0.169 e. The molecule has 0 N–H and O–H groups in total. The molecule has 0 spiro atoms. The summed E-state index contributed by atoms with van der Waals surface area (Å²) in [4.78, 5) is 14.3. The molecule has 35 heavy (non-hydrogen) atoms. The molecule has 0 aliphatic carbocycles. The van der Waals surface area contributed by atoms with Gasteiger partial charge in [0.1, 0.15) is 11.5 Å². The second-order valence-corrected chi connectivity index (χ2v) is 9.14. The summed E-state index contributed by atoms with van der Waals surface area (Å²) in [6, 6.07) is 14.2. The minimum absolute atomic E-state index is 0.593. The molecular weight excluding hydrogens is 458 g/mol. The number of fused-ring (bicyclic) bond motifs is 1. The Morgan fingerprint density at radius 3 is 2.20 bits per heavy atom. The molecule has 0 radical (unpaired) electrons. The van der Waals surface area contributed by atoms with Crippen LogP contribution in [0.15, 0.2) is 72.4 Å². The van der Waals surface area contributed by atoms with Crippen LogP contribution in [0, 0.1) is 13.8 Å². The number of benzene rings is 1. The van der Waals surface area contributed by atoms with Crippen LogP contribution in [-0.2, 0) is 12.3 Å². The van der Waals surface area contributed by atoms with Crippen molar-refractivity contribution in [1.29, 1.82) is 0 Å². The molecule has 0 atom stereocenters. The molecule has 0 saturated heterocycles. The lowest BCUT2D eigenvalue weighted by Crippen LogP contribution is -2.06. The van der Waals surface area contributed by atoms with E-state index in [2.05, 4.69) is 37.3 Å². The lowest BCUT2D eigenvalue weighted by molar-refractivity contribution is 0.410. The molecule has 0 aliphatic rings. The van der Waals surface area contributed by atoms with Crippen LogP contribution in [0.1, 0.15) is 22.5 Å². The van der Waals surface area contributed by atoms with Crippen molar-refractivity contribution in [2.45, 2.75) is 31.3 Å². The summed E-state index contributed by atoms with van der Waals surface area (Å²) in [5, 5.41) is 0.915. The fourth-order valence-corrected chi connectivity index (χ4v) is 5.21. The predicted molar refractivity (Wildman–Crippen MR) is 139 cm³/mol. The highest BCUT2D eigenvalue weighted by Gasteiger charge is 2.17. The van der Waals surface area contributed by atoms with Crippen LogP contribution in [0.5, 0.6) is 11.5 Å². The number of pyridine rings is 2. The molecule has 5 aromatic rings. The van der Waals surface area contributed by atoms with Gasteiger partial charge in [0.25, 0.3) is 0 Å². The number of thioether (sulfide) groups is 1. The smallest absolute Gasteiger partial charge is 0.169 e. The summed E-state index contributed by atoms with van der Waals surface area (Å²) >= 11 is 1.67. The van der Waals surface area contributed by atoms with Crippen molar-refractivity contribution in [2.75, 3.05) is 14.2 Å². The van der Waals surface area contributed by atoms with Crippen LogP contribution >= 0.6 is 11.8 Å². The normalized spacial score (nSPS) is 11.2. The van der Waals surface area contributed by atoms with E-state index in [9.17, 15) is 0 Å². The highest BCUT2D eigenvalue weighted by molar-refractivity contribution is 7.98. The van der Waals surface area contributed by atoms with E-state index in [0.29, 0.717) is 12.3 Å². The van der Waals surface area contributed by atoms with Gasteiger partial charge in [0, 0.05) is 47.4 Å². The summed E-state index contributed by atoms with van der Waals surface area (Å²) in [5.74, 6) is 2.36. The third kappa shape index (κ3) is 4.49. The van der Waals surface area contributed by atoms with Gasteiger partial charge in [0.15, 0.2) is 5.16 Å². The molecule has 0 amide bonds. The third-order valence-electron chi connectivity index (χ3n) is 6.20. The van der Waals surface area contributed by atoms with Crippen LogP contribution in [0.4, 0.5) is 0 Å². The Kier molecular flexibility index (Phi) is 6.46. The van der Waals surface area contributed by atoms with E-state index in [0.717, 1.165) is 55.9 Å². The fraction of sp³-hybridized carbons (Fsp3) is 0.222. The van der Waals surface area contributed by atoms with Gasteiger partial charge in [-0.05, 0) is 56.3 Å². The first-order valence-electron chi connectivity index (χ1n) is 11.3. The highest BCUT2D eigenvalue weighted by Crippen LogP contribution is 2.31. The number of rotatable bonds is 8. The lowest BCUT2D eigenvalue weighted by atomic mass is 10.2. The Morgan fingerprint density at radius 1 is 0.857 bits per heavy atom. The molecule has 0 fully saturated rings. The van der Waals surface area contributed by atoms with Crippen molar-refractivity contribution < 1.29 is 9.47 Å². The van der Waals surface area contributed by atoms with Gasteiger partial charge in [0.2, 0.25) is 0 Å². The zero-order chi connectivity index (χ0) is 24.4. The van der Waals surface area contributed by atoms with Crippen LogP contribution in [0.25, 0.3) is 16.7 Å². The van der Waals surface area contributed by atoms with Crippen LogP contribution < -0.4 is 9.47 Å². The largest absolute Gasteiger partial charge is 0.496 e. The number of hydrogen-bond donors (Lipinski definition) is 0. The topological polar surface area (TPSA) is 67.0 Å². The number of nitrogens with zero attached hydrogens (tertiary/aromatic N) is 5. The van der Waals surface area contributed by atoms with Gasteiger partial charge in [-0.1, -0.05) is 11.8 Å². The Labute approximate surface area is 208 Å². The molecular formula is C27H27N5O2S. The number of imidazole rings is 1. The molecule has 0 saturated carbocycles. The van der Waals surface area contributed by atoms with Gasteiger partial charge >= 0.3 is 0 Å². The first-order chi connectivity index (χ1) is 17.1. The Morgan fingerprint density at radius 2 is 1.51 bits per heavy atom. The zero-order valence-electron chi connectivity index (χ0n) is 20.2. The minimum atomic E-state index is 0.593. The Bertz CT molecular complexity index is 1480. The van der Waals surface area contributed by atoms with Crippen LogP contribution in [-0.4, -0.2) is 38.3 Å². The second-order valence-electron chi connectivity index (χ2n) is 8.20. The van der Waals surface area contributed by atoms with Gasteiger partial charge in [0.05, 0.1) is 43.2 Å². The van der Waals surface area contributed by atoms with E-state index in [1.165, 1.54) is 0 Å². The maximum absolute atomic E-state index is 5.53. The lowest BCUT2D eigenvalue weighted by Gasteiger charge is -2.13. The molecule has 7 nitrogen and oxygen atoms in total. The fourth-order valence-electron chi connectivity index (χ4n) is 4.17. The summed E-state index contributed by atoms with van der Waals surface area (Å²) < 4.78 is 15.3. The summed E-state index contributed by atoms with van der Waals surface area (Å²) in [6.07, 6.45) is 7.65. The standard InChI is InChI=1S/C27H27N5O2S/c1-18-22(28-11-9-25(18)33-3)16-32-24-8-7-20(31-13-5-6-14-31)15-21(24)30-27(32)35-17-23-19(2)26(34-4)10-12-29-23/h5-15H,16-17H2,1-4H3. The van der Waals surface area contributed by atoms with Crippen molar-refractivity contribution in [3.05, 3.63) is 89.8 Å². The molecule has 4 aromatic heterocycles. The third-order valence-corrected chi connectivity index (χ3v) is 7.19. The number of hydrogen-bond acceptors (Lipinski definition) is 6. The van der Waals surface area contributed by atoms with Crippen molar-refractivity contribution in [1.82, 2.24) is 24.1 Å². The van der Waals surface area contributed by atoms with E-state index < -0.39 is 0 Å². The molecule has 0 unspecified atom stereocenters. The maximum atomic E-state index is 5.53. The summed E-state index contributed by atoms with van der Waals surface area (Å²) in [6.45, 7) is 4.67. The molecule has 0 bridgehead atoms. The average molecular weight is 486 g/mol. The van der Waals surface area contributed by atoms with Crippen LogP contribution in [0.2, 0.25) is 0 Å². The van der Waals surface area contributed by atoms with Gasteiger partial charge in [-0.25, -0.2) is 4.98 Å². The molecule has 0 aliphatic heterocycles. The first-order valence-corrected chi connectivity index (χ1v) is 12.3. The van der Waals surface area contributed by atoms with Crippen molar-refractivity contribution in [2.24, 2.45) is 0 Å². The molecule has 1 aromatic carbocycles. The van der Waals surface area contributed by atoms with Crippen molar-refractivity contribution in [3.8, 4) is 17.2 Å². The monoisotopic (exact) mass is 485 g/mol.